The first-order valence-electron chi connectivity index (χ1n) is 8.95. The van der Waals surface area contributed by atoms with E-state index in [-0.39, 0.29) is 5.91 Å². The van der Waals surface area contributed by atoms with Gasteiger partial charge < -0.3 is 14.8 Å². The van der Waals surface area contributed by atoms with Crippen LogP contribution in [0.2, 0.25) is 0 Å². The average molecular weight is 405 g/mol. The number of thiazole rings is 1. The van der Waals surface area contributed by atoms with Crippen LogP contribution in [0.3, 0.4) is 0 Å². The fourth-order valence-corrected chi connectivity index (χ4v) is 3.86. The van der Waals surface area contributed by atoms with E-state index in [1.807, 2.05) is 37.3 Å². The third kappa shape index (κ3) is 3.77. The van der Waals surface area contributed by atoms with Crippen molar-refractivity contribution in [3.8, 4) is 22.1 Å². The minimum absolute atomic E-state index is 0.225. The number of carbonyl (C=O) groups is 1. The largest absolute Gasteiger partial charge is 0.493 e. The Morgan fingerprint density at radius 1 is 1.03 bits per heavy atom. The lowest BCUT2D eigenvalue weighted by Gasteiger charge is -2.12. The molecule has 1 N–H and O–H groups in total. The summed E-state index contributed by atoms with van der Waals surface area (Å²) in [7, 11) is 3.10. The zero-order valence-corrected chi connectivity index (χ0v) is 17.0. The van der Waals surface area contributed by atoms with Crippen LogP contribution < -0.4 is 14.8 Å². The van der Waals surface area contributed by atoms with Crippen LogP contribution in [0.4, 0.5) is 5.69 Å². The Hall–Kier alpha value is -3.45. The molecule has 2 heterocycles. The summed E-state index contributed by atoms with van der Waals surface area (Å²) in [4.78, 5) is 22.7. The fraction of sp³-hybridized carbons (Fsp3) is 0.136. The number of hydrogen-bond donors (Lipinski definition) is 1. The molecule has 0 atom stereocenters. The third-order valence-corrected chi connectivity index (χ3v) is 5.57. The third-order valence-electron chi connectivity index (χ3n) is 4.54. The molecule has 0 radical (unpaired) electrons. The molecule has 2 aromatic carbocycles. The van der Waals surface area contributed by atoms with Crippen LogP contribution in [0.15, 0.2) is 54.7 Å². The van der Waals surface area contributed by atoms with Gasteiger partial charge in [0, 0.05) is 23.0 Å². The van der Waals surface area contributed by atoms with Crippen molar-refractivity contribution in [3.63, 3.8) is 0 Å². The maximum Gasteiger partial charge on any atom is 0.255 e. The smallest absolute Gasteiger partial charge is 0.255 e. The van der Waals surface area contributed by atoms with Crippen molar-refractivity contribution in [2.75, 3.05) is 19.5 Å². The van der Waals surface area contributed by atoms with Gasteiger partial charge in [0.25, 0.3) is 5.91 Å². The normalized spacial score (nSPS) is 10.7. The molecule has 0 spiro atoms. The Labute approximate surface area is 172 Å². The molecule has 1 amide bonds. The van der Waals surface area contributed by atoms with Gasteiger partial charge in [-0.25, -0.2) is 9.97 Å². The van der Waals surface area contributed by atoms with Crippen LogP contribution in [-0.2, 0) is 0 Å². The van der Waals surface area contributed by atoms with Crippen molar-refractivity contribution < 1.29 is 14.3 Å². The van der Waals surface area contributed by atoms with Gasteiger partial charge in [0.2, 0.25) is 0 Å². The highest BCUT2D eigenvalue weighted by molar-refractivity contribution is 7.21. The topological polar surface area (TPSA) is 73.3 Å². The number of aromatic nitrogens is 2. The van der Waals surface area contributed by atoms with Crippen LogP contribution in [0.25, 0.3) is 20.9 Å². The summed E-state index contributed by atoms with van der Waals surface area (Å²) < 4.78 is 10.5. The predicted octanol–water partition coefficient (Wildman–Crippen LogP) is 4.94. The Morgan fingerprint density at radius 3 is 2.62 bits per heavy atom. The van der Waals surface area contributed by atoms with Crippen LogP contribution in [0, 0.1) is 6.92 Å². The molecule has 0 bridgehead atoms. The van der Waals surface area contributed by atoms with Gasteiger partial charge in [0.1, 0.15) is 15.4 Å². The first-order chi connectivity index (χ1) is 14.1. The number of ether oxygens (including phenoxy) is 2. The lowest BCUT2D eigenvalue weighted by Crippen LogP contribution is -2.13. The molecule has 7 heteroatoms. The minimum atomic E-state index is -0.225. The van der Waals surface area contributed by atoms with Gasteiger partial charge in [-0.1, -0.05) is 23.5 Å². The highest BCUT2D eigenvalue weighted by atomic mass is 32.1. The van der Waals surface area contributed by atoms with Gasteiger partial charge in [-0.15, -0.1) is 0 Å². The molecular formula is C22H19N3O3S. The maximum atomic E-state index is 12.8. The molecular weight excluding hydrogens is 386 g/mol. The van der Waals surface area contributed by atoms with Gasteiger partial charge in [0.15, 0.2) is 11.5 Å². The summed E-state index contributed by atoms with van der Waals surface area (Å²) in [6.07, 6.45) is 1.76. The van der Waals surface area contributed by atoms with Gasteiger partial charge in [-0.2, -0.15) is 0 Å². The van der Waals surface area contributed by atoms with E-state index in [0.717, 1.165) is 32.2 Å². The number of carbonyl (C=O) groups excluding carboxylic acids is 1. The second kappa shape index (κ2) is 7.89. The van der Waals surface area contributed by atoms with Crippen LogP contribution in [-0.4, -0.2) is 30.1 Å². The number of benzene rings is 2. The number of hydrogen-bond acceptors (Lipinski definition) is 6. The monoisotopic (exact) mass is 405 g/mol. The summed E-state index contributed by atoms with van der Waals surface area (Å²) in [5.74, 6) is 0.858. The molecule has 4 rings (SSSR count). The van der Waals surface area contributed by atoms with Gasteiger partial charge in [-0.3, -0.25) is 4.79 Å². The minimum Gasteiger partial charge on any atom is -0.493 e. The molecule has 2 aromatic heterocycles. The highest BCUT2D eigenvalue weighted by Crippen LogP contribution is 2.32. The summed E-state index contributed by atoms with van der Waals surface area (Å²) in [5, 5.41) is 3.85. The van der Waals surface area contributed by atoms with E-state index in [4.69, 9.17) is 9.47 Å². The molecule has 0 saturated heterocycles. The molecule has 29 heavy (non-hydrogen) atoms. The SMILES string of the molecule is COc1ccc(C(=O)Nc2cc(-c3nc4cccnc4s3)ccc2C)cc1OC. The van der Waals surface area contributed by atoms with Crippen LogP contribution in [0.5, 0.6) is 11.5 Å². The Kier molecular flexibility index (Phi) is 5.14. The zero-order valence-electron chi connectivity index (χ0n) is 16.2. The van der Waals surface area contributed by atoms with Gasteiger partial charge in [-0.05, 0) is 48.9 Å². The first-order valence-corrected chi connectivity index (χ1v) is 9.76. The molecule has 6 nitrogen and oxygen atoms in total. The number of methoxy groups -OCH3 is 2. The standard InChI is InChI=1S/C22H19N3O3S/c1-13-6-7-15(21-25-16-5-4-10-23-22(16)29-21)11-17(13)24-20(26)14-8-9-18(27-2)19(12-14)28-3/h4-12H,1-3H3,(H,24,26). The fourth-order valence-electron chi connectivity index (χ4n) is 2.95. The van der Waals surface area contributed by atoms with Crippen molar-refractivity contribution in [3.05, 3.63) is 65.9 Å². The van der Waals surface area contributed by atoms with E-state index in [0.29, 0.717) is 17.1 Å². The van der Waals surface area contributed by atoms with Crippen molar-refractivity contribution in [2.24, 2.45) is 0 Å². The number of pyridine rings is 1. The number of fused-ring (bicyclic) bond motifs is 1. The van der Waals surface area contributed by atoms with E-state index >= 15 is 0 Å². The van der Waals surface area contributed by atoms with Crippen LogP contribution >= 0.6 is 11.3 Å². The lowest BCUT2D eigenvalue weighted by atomic mass is 10.1. The molecule has 0 aliphatic rings. The van der Waals surface area contributed by atoms with E-state index < -0.39 is 0 Å². The second-order valence-corrected chi connectivity index (χ2v) is 7.38. The van der Waals surface area contributed by atoms with Crippen LogP contribution in [0.1, 0.15) is 15.9 Å². The number of anilines is 1. The molecule has 0 aliphatic carbocycles. The Morgan fingerprint density at radius 2 is 1.86 bits per heavy atom. The Bertz CT molecular complexity index is 1170. The summed E-state index contributed by atoms with van der Waals surface area (Å²) in [5.41, 5.74) is 3.97. The molecule has 0 fully saturated rings. The van der Waals surface area contributed by atoms with Gasteiger partial charge in [0.05, 0.1) is 14.2 Å². The summed E-state index contributed by atoms with van der Waals surface area (Å²) >= 11 is 1.52. The second-order valence-electron chi connectivity index (χ2n) is 6.40. The average Bonchev–Trinajstić information content (AvgIpc) is 3.19. The van der Waals surface area contributed by atoms with Gasteiger partial charge >= 0.3 is 0 Å². The molecule has 0 unspecified atom stereocenters. The maximum absolute atomic E-state index is 12.8. The molecule has 146 valence electrons. The number of aryl methyl sites for hydroxylation is 1. The van der Waals surface area contributed by atoms with Crippen molar-refractivity contribution in [1.29, 1.82) is 0 Å². The van der Waals surface area contributed by atoms with Crippen molar-refractivity contribution >= 4 is 33.3 Å². The van der Waals surface area contributed by atoms with Crippen molar-refractivity contribution in [2.45, 2.75) is 6.92 Å². The summed E-state index contributed by atoms with van der Waals surface area (Å²) in [6.45, 7) is 1.95. The highest BCUT2D eigenvalue weighted by Gasteiger charge is 2.14. The number of amides is 1. The zero-order chi connectivity index (χ0) is 20.4. The first kappa shape index (κ1) is 18.9. The number of nitrogens with zero attached hydrogens (tertiary/aromatic N) is 2. The number of rotatable bonds is 5. The summed E-state index contributed by atoms with van der Waals surface area (Å²) in [6, 6.07) is 14.8. The predicted molar refractivity (Wildman–Crippen MR) is 115 cm³/mol. The molecule has 0 aliphatic heterocycles. The van der Waals surface area contributed by atoms with E-state index in [1.165, 1.54) is 11.3 Å². The van der Waals surface area contributed by atoms with E-state index in [2.05, 4.69) is 15.3 Å². The lowest BCUT2D eigenvalue weighted by molar-refractivity contribution is 0.102. The quantitative estimate of drug-likeness (QED) is 0.509. The van der Waals surface area contributed by atoms with E-state index in [1.54, 1.807) is 38.6 Å². The van der Waals surface area contributed by atoms with E-state index in [9.17, 15) is 4.79 Å². The molecule has 4 aromatic rings. The van der Waals surface area contributed by atoms with Crippen molar-refractivity contribution in [1.82, 2.24) is 9.97 Å². The Balaban J connectivity index is 1.63. The molecule has 0 saturated carbocycles. The number of nitrogens with one attached hydrogen (secondary N) is 1.